The van der Waals surface area contributed by atoms with E-state index in [2.05, 4.69) is 6.92 Å². The molecule has 0 saturated carbocycles. The average molecular weight is 276 g/mol. The quantitative estimate of drug-likeness (QED) is 0.432. The molecule has 6 heteroatoms. The van der Waals surface area contributed by atoms with Crippen molar-refractivity contribution in [1.29, 1.82) is 0 Å². The van der Waals surface area contributed by atoms with Gasteiger partial charge in [0.15, 0.2) is 0 Å². The van der Waals surface area contributed by atoms with Crippen LogP contribution in [0.25, 0.3) is 0 Å². The Balaban J connectivity index is 2.45. The Hall–Kier alpha value is -0.940. The van der Waals surface area contributed by atoms with Crippen molar-refractivity contribution in [1.82, 2.24) is 0 Å². The second-order valence-corrected chi connectivity index (χ2v) is 5.07. The van der Waals surface area contributed by atoms with Crippen LogP contribution in [0.15, 0.2) is 18.2 Å². The fourth-order valence-electron chi connectivity index (χ4n) is 1.22. The minimum atomic E-state index is -0.510. The lowest BCUT2D eigenvalue weighted by molar-refractivity contribution is -0.384. The highest BCUT2D eigenvalue weighted by molar-refractivity contribution is 7.99. The van der Waals surface area contributed by atoms with E-state index in [1.165, 1.54) is 12.1 Å². The molecule has 0 aromatic heterocycles. The highest BCUT2D eigenvalue weighted by Crippen LogP contribution is 2.28. The van der Waals surface area contributed by atoms with Crippen molar-refractivity contribution < 1.29 is 9.66 Å². The Morgan fingerprint density at radius 3 is 2.88 bits per heavy atom. The molecule has 0 fully saturated rings. The van der Waals surface area contributed by atoms with Gasteiger partial charge in [-0.1, -0.05) is 18.5 Å². The van der Waals surface area contributed by atoms with Gasteiger partial charge in [-0.2, -0.15) is 11.8 Å². The van der Waals surface area contributed by atoms with Gasteiger partial charge in [-0.25, -0.2) is 0 Å². The van der Waals surface area contributed by atoms with Crippen LogP contribution < -0.4 is 4.74 Å². The summed E-state index contributed by atoms with van der Waals surface area (Å²) >= 11 is 7.62. The molecule has 1 aromatic rings. The monoisotopic (exact) mass is 275 g/mol. The number of benzene rings is 1. The first-order chi connectivity index (χ1) is 8.15. The van der Waals surface area contributed by atoms with E-state index in [0.29, 0.717) is 12.4 Å². The molecule has 1 aromatic carbocycles. The predicted octanol–water partition coefficient (Wildman–Crippen LogP) is 3.77. The van der Waals surface area contributed by atoms with E-state index in [9.17, 15) is 10.1 Å². The largest absolute Gasteiger partial charge is 0.494 e. The topological polar surface area (TPSA) is 52.4 Å². The zero-order valence-electron chi connectivity index (χ0n) is 9.52. The molecule has 0 spiro atoms. The highest BCUT2D eigenvalue weighted by atomic mass is 35.5. The van der Waals surface area contributed by atoms with Crippen LogP contribution in [0.1, 0.15) is 13.3 Å². The summed E-state index contributed by atoms with van der Waals surface area (Å²) in [6.45, 7) is 2.71. The number of hydrogen-bond acceptors (Lipinski definition) is 4. The summed E-state index contributed by atoms with van der Waals surface area (Å²) in [4.78, 5) is 10.0. The smallest absolute Gasteiger partial charge is 0.288 e. The van der Waals surface area contributed by atoms with Crippen molar-refractivity contribution in [2.24, 2.45) is 0 Å². The van der Waals surface area contributed by atoms with E-state index in [-0.39, 0.29) is 10.7 Å². The minimum absolute atomic E-state index is 0.0967. The van der Waals surface area contributed by atoms with Gasteiger partial charge in [-0.05, 0) is 24.0 Å². The van der Waals surface area contributed by atoms with E-state index >= 15 is 0 Å². The number of halogens is 1. The van der Waals surface area contributed by atoms with Crippen molar-refractivity contribution in [2.75, 3.05) is 18.1 Å². The first-order valence-electron chi connectivity index (χ1n) is 5.29. The number of nitrogens with zero attached hydrogens (tertiary/aromatic N) is 1. The van der Waals surface area contributed by atoms with E-state index in [4.69, 9.17) is 16.3 Å². The zero-order valence-corrected chi connectivity index (χ0v) is 11.1. The number of ether oxygens (including phenoxy) is 1. The molecule has 0 saturated heterocycles. The summed E-state index contributed by atoms with van der Waals surface area (Å²) in [6.07, 6.45) is 0.952. The Labute approximate surface area is 109 Å². The van der Waals surface area contributed by atoms with Gasteiger partial charge in [0.05, 0.1) is 11.5 Å². The molecular formula is C11H14ClNO3S. The van der Waals surface area contributed by atoms with Crippen LogP contribution in [0.4, 0.5) is 5.69 Å². The van der Waals surface area contributed by atoms with Gasteiger partial charge in [0, 0.05) is 12.1 Å². The maximum atomic E-state index is 10.5. The van der Waals surface area contributed by atoms with Gasteiger partial charge < -0.3 is 4.74 Å². The summed E-state index contributed by atoms with van der Waals surface area (Å²) in [7, 11) is 0. The maximum Gasteiger partial charge on any atom is 0.288 e. The molecule has 4 nitrogen and oxygen atoms in total. The van der Waals surface area contributed by atoms with E-state index in [1.54, 1.807) is 6.07 Å². The molecule has 0 amide bonds. The van der Waals surface area contributed by atoms with Crippen LogP contribution in [-0.4, -0.2) is 23.0 Å². The third kappa shape index (κ3) is 4.83. The lowest BCUT2D eigenvalue weighted by Crippen LogP contribution is -1.99. The Morgan fingerprint density at radius 2 is 2.29 bits per heavy atom. The van der Waals surface area contributed by atoms with Crippen LogP contribution in [0.2, 0.25) is 5.02 Å². The van der Waals surface area contributed by atoms with Crippen molar-refractivity contribution in [3.8, 4) is 5.75 Å². The first-order valence-corrected chi connectivity index (χ1v) is 6.83. The van der Waals surface area contributed by atoms with Crippen molar-refractivity contribution in [3.05, 3.63) is 33.3 Å². The van der Waals surface area contributed by atoms with E-state index < -0.39 is 4.92 Å². The molecule has 0 atom stereocenters. The van der Waals surface area contributed by atoms with Gasteiger partial charge in [-0.15, -0.1) is 0 Å². The zero-order chi connectivity index (χ0) is 12.7. The summed E-state index contributed by atoms with van der Waals surface area (Å²) in [5.74, 6) is 2.72. The van der Waals surface area contributed by atoms with Gasteiger partial charge in [0.1, 0.15) is 10.8 Å². The Bertz CT molecular complexity index is 387. The molecule has 1 rings (SSSR count). The SMILES string of the molecule is CCSCCCOc1ccc([N+](=O)[O-])c(Cl)c1. The first kappa shape index (κ1) is 14.1. The molecule has 0 aliphatic heterocycles. The number of nitro benzene ring substituents is 1. The number of hydrogen-bond donors (Lipinski definition) is 0. The highest BCUT2D eigenvalue weighted by Gasteiger charge is 2.12. The molecule has 0 heterocycles. The summed E-state index contributed by atoms with van der Waals surface area (Å²) in [6, 6.07) is 4.40. The van der Waals surface area contributed by atoms with Crippen LogP contribution >= 0.6 is 23.4 Å². The van der Waals surface area contributed by atoms with Crippen LogP contribution in [0.3, 0.4) is 0 Å². The number of thioether (sulfide) groups is 1. The summed E-state index contributed by atoms with van der Waals surface area (Å²) in [5, 5.41) is 10.6. The third-order valence-electron chi connectivity index (χ3n) is 2.02. The normalized spacial score (nSPS) is 10.2. The molecule has 0 N–H and O–H groups in total. The fourth-order valence-corrected chi connectivity index (χ4v) is 2.07. The predicted molar refractivity (Wildman–Crippen MR) is 71.2 cm³/mol. The second-order valence-electron chi connectivity index (χ2n) is 3.27. The fraction of sp³-hybridized carbons (Fsp3) is 0.455. The van der Waals surface area contributed by atoms with Crippen LogP contribution in [-0.2, 0) is 0 Å². The maximum absolute atomic E-state index is 10.5. The summed E-state index contributed by atoms with van der Waals surface area (Å²) in [5.41, 5.74) is -0.0967. The molecule has 17 heavy (non-hydrogen) atoms. The standard InChI is InChI=1S/C11H14ClNO3S/c1-2-17-7-3-6-16-9-4-5-11(13(14)15)10(12)8-9/h4-5,8H,2-3,6-7H2,1H3. The van der Waals surface area contributed by atoms with Gasteiger partial charge in [-0.3, -0.25) is 10.1 Å². The third-order valence-corrected chi connectivity index (χ3v) is 3.31. The van der Waals surface area contributed by atoms with Crippen LogP contribution in [0, 0.1) is 10.1 Å². The van der Waals surface area contributed by atoms with E-state index in [1.807, 2.05) is 11.8 Å². The molecule has 0 aliphatic rings. The summed E-state index contributed by atoms with van der Waals surface area (Å²) < 4.78 is 5.45. The van der Waals surface area contributed by atoms with Gasteiger partial charge in [0.25, 0.3) is 5.69 Å². The van der Waals surface area contributed by atoms with Gasteiger partial charge in [0.2, 0.25) is 0 Å². The molecular weight excluding hydrogens is 262 g/mol. The number of nitro groups is 1. The Morgan fingerprint density at radius 1 is 1.53 bits per heavy atom. The van der Waals surface area contributed by atoms with E-state index in [0.717, 1.165) is 17.9 Å². The lowest BCUT2D eigenvalue weighted by Gasteiger charge is -2.06. The molecule has 0 bridgehead atoms. The molecule has 0 radical (unpaired) electrons. The average Bonchev–Trinajstić information content (AvgIpc) is 2.28. The van der Waals surface area contributed by atoms with Crippen molar-refractivity contribution in [3.63, 3.8) is 0 Å². The van der Waals surface area contributed by atoms with Crippen molar-refractivity contribution in [2.45, 2.75) is 13.3 Å². The Kier molecular flexibility index (Phi) is 6.15. The number of rotatable bonds is 7. The lowest BCUT2D eigenvalue weighted by atomic mass is 10.3. The second kappa shape index (κ2) is 7.40. The molecule has 0 unspecified atom stereocenters. The molecule has 94 valence electrons. The minimum Gasteiger partial charge on any atom is -0.494 e. The van der Waals surface area contributed by atoms with Crippen molar-refractivity contribution >= 4 is 29.1 Å². The van der Waals surface area contributed by atoms with Gasteiger partial charge >= 0.3 is 0 Å². The van der Waals surface area contributed by atoms with Crippen LogP contribution in [0.5, 0.6) is 5.75 Å². The molecule has 0 aliphatic carbocycles.